The number of nitrogens with two attached hydrogens (primary N) is 1. The van der Waals surface area contributed by atoms with Crippen LogP contribution in [0.4, 0.5) is 5.69 Å². The van der Waals surface area contributed by atoms with E-state index in [0.717, 1.165) is 0 Å². The minimum Gasteiger partial charge on any atom is -0.466 e. The maximum atomic E-state index is 11.9. The van der Waals surface area contributed by atoms with Crippen molar-refractivity contribution >= 4 is 33.3 Å². The van der Waals surface area contributed by atoms with Crippen LogP contribution >= 0.6 is 11.6 Å². The van der Waals surface area contributed by atoms with Crippen LogP contribution in [0.2, 0.25) is 5.02 Å². The highest BCUT2D eigenvalue weighted by Gasteiger charge is 2.14. The van der Waals surface area contributed by atoms with Gasteiger partial charge in [-0.3, -0.25) is 4.79 Å². The molecule has 0 heterocycles. The normalized spacial score (nSPS) is 11.3. The molecule has 0 bridgehead atoms. The Morgan fingerprint density at radius 3 is 2.75 bits per heavy atom. The van der Waals surface area contributed by atoms with Crippen molar-refractivity contribution < 1.29 is 17.9 Å². The Morgan fingerprint density at radius 1 is 1.45 bits per heavy atom. The van der Waals surface area contributed by atoms with Crippen molar-refractivity contribution in [2.45, 2.75) is 24.7 Å². The molecule has 0 spiro atoms. The molecule has 1 aromatic carbocycles. The third kappa shape index (κ3) is 4.99. The first kappa shape index (κ1) is 16.7. The lowest BCUT2D eigenvalue weighted by atomic mass is 10.3. The Morgan fingerprint density at radius 2 is 2.15 bits per heavy atom. The van der Waals surface area contributed by atoms with Gasteiger partial charge in [0.2, 0.25) is 10.0 Å². The molecule has 0 saturated heterocycles. The molecule has 1 rings (SSSR count). The topological polar surface area (TPSA) is 98.5 Å². The molecule has 8 heteroatoms. The van der Waals surface area contributed by atoms with E-state index in [4.69, 9.17) is 22.1 Å². The first-order valence-corrected chi connectivity index (χ1v) is 7.93. The van der Waals surface area contributed by atoms with E-state index >= 15 is 0 Å². The molecule has 0 aliphatic heterocycles. The molecule has 0 aromatic heterocycles. The number of carbonyl (C=O) groups is 1. The van der Waals surface area contributed by atoms with E-state index in [-0.39, 0.29) is 29.5 Å². The predicted molar refractivity (Wildman–Crippen MR) is 76.9 cm³/mol. The molecule has 20 heavy (non-hydrogen) atoms. The summed E-state index contributed by atoms with van der Waals surface area (Å²) in [5.41, 5.74) is 5.76. The Labute approximate surface area is 123 Å². The summed E-state index contributed by atoms with van der Waals surface area (Å²) < 4.78 is 31.0. The van der Waals surface area contributed by atoms with Crippen LogP contribution in [0, 0.1) is 0 Å². The number of rotatable bonds is 7. The molecule has 0 aliphatic rings. The Hall–Kier alpha value is -1.31. The third-order valence-corrected chi connectivity index (χ3v) is 4.24. The van der Waals surface area contributed by atoms with Crippen LogP contribution < -0.4 is 10.5 Å². The lowest BCUT2D eigenvalue weighted by Gasteiger charge is -2.08. The van der Waals surface area contributed by atoms with Crippen LogP contribution in [-0.4, -0.2) is 27.5 Å². The van der Waals surface area contributed by atoms with Gasteiger partial charge in [-0.15, -0.1) is 0 Å². The van der Waals surface area contributed by atoms with Crippen LogP contribution in [0.1, 0.15) is 19.8 Å². The van der Waals surface area contributed by atoms with E-state index in [1.165, 1.54) is 18.2 Å². The number of ether oxygens (including phenoxy) is 1. The summed E-state index contributed by atoms with van der Waals surface area (Å²) >= 11 is 5.73. The minimum atomic E-state index is -3.65. The number of esters is 1. The average molecular weight is 321 g/mol. The molecule has 0 unspecified atom stereocenters. The number of hydrogen-bond acceptors (Lipinski definition) is 5. The molecule has 1 aromatic rings. The lowest BCUT2D eigenvalue weighted by Crippen LogP contribution is -2.25. The van der Waals surface area contributed by atoms with Gasteiger partial charge >= 0.3 is 5.97 Å². The fourth-order valence-electron chi connectivity index (χ4n) is 1.44. The minimum absolute atomic E-state index is 0.0375. The van der Waals surface area contributed by atoms with Crippen molar-refractivity contribution in [3.63, 3.8) is 0 Å². The van der Waals surface area contributed by atoms with Gasteiger partial charge in [-0.2, -0.15) is 0 Å². The number of halogens is 1. The maximum absolute atomic E-state index is 11.9. The Bertz CT molecular complexity index is 575. The van der Waals surface area contributed by atoms with Crippen LogP contribution in [0.3, 0.4) is 0 Å². The predicted octanol–water partition coefficient (Wildman–Crippen LogP) is 1.54. The summed E-state index contributed by atoms with van der Waals surface area (Å²) in [6, 6.07) is 4.08. The zero-order valence-electron chi connectivity index (χ0n) is 11.1. The van der Waals surface area contributed by atoms with E-state index in [2.05, 4.69) is 4.72 Å². The quantitative estimate of drug-likeness (QED) is 0.451. The van der Waals surface area contributed by atoms with E-state index in [9.17, 15) is 13.2 Å². The first-order valence-electron chi connectivity index (χ1n) is 6.07. The summed E-state index contributed by atoms with van der Waals surface area (Å²) in [7, 11) is -3.65. The zero-order valence-corrected chi connectivity index (χ0v) is 12.6. The van der Waals surface area contributed by atoms with Gasteiger partial charge in [0.25, 0.3) is 0 Å². The van der Waals surface area contributed by atoms with Crippen LogP contribution in [0.5, 0.6) is 0 Å². The van der Waals surface area contributed by atoms with E-state index in [1.807, 2.05) is 0 Å². The van der Waals surface area contributed by atoms with Gasteiger partial charge in [0.15, 0.2) is 0 Å². The molecular formula is C12H17ClN2O4S. The number of benzene rings is 1. The van der Waals surface area contributed by atoms with E-state index in [1.54, 1.807) is 6.92 Å². The summed E-state index contributed by atoms with van der Waals surface area (Å²) in [6.07, 6.45) is 0.528. The summed E-state index contributed by atoms with van der Waals surface area (Å²) in [6.45, 7) is 2.17. The van der Waals surface area contributed by atoms with Crippen LogP contribution in [-0.2, 0) is 19.6 Å². The maximum Gasteiger partial charge on any atom is 0.305 e. The van der Waals surface area contributed by atoms with Crippen molar-refractivity contribution in [3.8, 4) is 0 Å². The van der Waals surface area contributed by atoms with Gasteiger partial charge in [-0.25, -0.2) is 13.1 Å². The zero-order chi connectivity index (χ0) is 15.2. The highest BCUT2D eigenvalue weighted by atomic mass is 35.5. The Kier molecular flexibility index (Phi) is 6.25. The smallest absolute Gasteiger partial charge is 0.305 e. The SMILES string of the molecule is CCOC(=O)CCCNS(=O)(=O)c1ccc(Cl)c(N)c1. The second-order valence-corrected chi connectivity index (χ2v) is 6.16. The number of sulfonamides is 1. The summed E-state index contributed by atoms with van der Waals surface area (Å²) in [5, 5.41) is 0.297. The molecule has 112 valence electrons. The molecule has 0 amide bonds. The molecular weight excluding hydrogens is 304 g/mol. The number of anilines is 1. The fourth-order valence-corrected chi connectivity index (χ4v) is 2.67. The van der Waals surface area contributed by atoms with Gasteiger partial charge < -0.3 is 10.5 Å². The van der Waals surface area contributed by atoms with Crippen molar-refractivity contribution in [1.82, 2.24) is 4.72 Å². The fraction of sp³-hybridized carbons (Fsp3) is 0.417. The number of hydrogen-bond donors (Lipinski definition) is 2. The molecule has 0 radical (unpaired) electrons. The van der Waals surface area contributed by atoms with Crippen molar-refractivity contribution in [3.05, 3.63) is 23.2 Å². The highest BCUT2D eigenvalue weighted by molar-refractivity contribution is 7.89. The number of carbonyl (C=O) groups excluding carboxylic acids is 1. The van der Waals surface area contributed by atoms with Crippen molar-refractivity contribution in [2.24, 2.45) is 0 Å². The number of nitrogens with one attached hydrogen (secondary N) is 1. The first-order chi connectivity index (χ1) is 9.36. The van der Waals surface area contributed by atoms with Crippen LogP contribution in [0.15, 0.2) is 23.1 Å². The van der Waals surface area contributed by atoms with Crippen molar-refractivity contribution in [2.75, 3.05) is 18.9 Å². The van der Waals surface area contributed by atoms with Crippen LogP contribution in [0.25, 0.3) is 0 Å². The molecule has 3 N–H and O–H groups in total. The molecule has 0 fully saturated rings. The monoisotopic (exact) mass is 320 g/mol. The molecule has 6 nitrogen and oxygen atoms in total. The highest BCUT2D eigenvalue weighted by Crippen LogP contribution is 2.21. The standard InChI is InChI=1S/C12H17ClN2O4S/c1-2-19-12(16)4-3-7-15-20(17,18)9-5-6-10(13)11(14)8-9/h5-6,8,15H,2-4,7,14H2,1H3. The van der Waals surface area contributed by atoms with E-state index in [0.29, 0.717) is 18.1 Å². The second-order valence-electron chi connectivity index (χ2n) is 3.99. The van der Waals surface area contributed by atoms with E-state index < -0.39 is 10.0 Å². The largest absolute Gasteiger partial charge is 0.466 e. The van der Waals surface area contributed by atoms with Crippen molar-refractivity contribution in [1.29, 1.82) is 0 Å². The third-order valence-electron chi connectivity index (χ3n) is 2.43. The van der Waals surface area contributed by atoms with Gasteiger partial charge in [-0.05, 0) is 31.5 Å². The summed E-state index contributed by atoms with van der Waals surface area (Å²) in [4.78, 5) is 11.1. The number of nitrogen functional groups attached to an aromatic ring is 1. The average Bonchev–Trinajstić information content (AvgIpc) is 2.38. The second kappa shape index (κ2) is 7.47. The molecule has 0 aliphatic carbocycles. The molecule has 0 atom stereocenters. The lowest BCUT2D eigenvalue weighted by molar-refractivity contribution is -0.143. The van der Waals surface area contributed by atoms with Gasteiger partial charge in [-0.1, -0.05) is 11.6 Å². The van der Waals surface area contributed by atoms with Gasteiger partial charge in [0.1, 0.15) is 0 Å². The van der Waals surface area contributed by atoms with Gasteiger partial charge in [0.05, 0.1) is 22.2 Å². The summed E-state index contributed by atoms with van der Waals surface area (Å²) in [5.74, 6) is -0.345. The Balaban J connectivity index is 2.53. The molecule has 0 saturated carbocycles. The van der Waals surface area contributed by atoms with Gasteiger partial charge in [0, 0.05) is 13.0 Å².